The summed E-state index contributed by atoms with van der Waals surface area (Å²) in [6.07, 6.45) is 2.37. The van der Waals surface area contributed by atoms with Gasteiger partial charge in [-0.3, -0.25) is 4.90 Å². The molecule has 2 aromatic heterocycles. The molecule has 3 rings (SSSR count). The average molecular weight is 362 g/mol. The Kier molecular flexibility index (Phi) is 5.98. The van der Waals surface area contributed by atoms with Gasteiger partial charge in [0.15, 0.2) is 0 Å². The first-order chi connectivity index (χ1) is 12.0. The number of aromatic nitrogens is 3. The quantitative estimate of drug-likeness (QED) is 0.824. The minimum absolute atomic E-state index is 0.0252. The summed E-state index contributed by atoms with van der Waals surface area (Å²) in [6, 6.07) is 1.98. The molecule has 136 valence electrons. The van der Waals surface area contributed by atoms with Crippen LogP contribution < -0.4 is 5.32 Å². The van der Waals surface area contributed by atoms with Gasteiger partial charge in [0.25, 0.3) is 0 Å². The number of nitrogens with one attached hydrogen (secondary N) is 1. The highest BCUT2D eigenvalue weighted by Crippen LogP contribution is 2.19. The van der Waals surface area contributed by atoms with Crippen molar-refractivity contribution >= 4 is 17.2 Å². The van der Waals surface area contributed by atoms with Crippen LogP contribution in [0.3, 0.4) is 0 Å². The van der Waals surface area contributed by atoms with E-state index in [-0.39, 0.29) is 6.04 Å². The fourth-order valence-corrected chi connectivity index (χ4v) is 3.85. The number of hydrogen-bond acceptors (Lipinski definition) is 7. The first kappa shape index (κ1) is 18.2. The fourth-order valence-electron chi connectivity index (χ4n) is 3.25. The van der Waals surface area contributed by atoms with Crippen LogP contribution in [0.2, 0.25) is 0 Å². The van der Waals surface area contributed by atoms with E-state index in [1.807, 2.05) is 19.9 Å². The molecular weight excluding hydrogens is 334 g/mol. The maximum absolute atomic E-state index is 10.6. The van der Waals surface area contributed by atoms with Crippen molar-refractivity contribution in [1.29, 1.82) is 0 Å². The van der Waals surface area contributed by atoms with Crippen molar-refractivity contribution in [2.45, 2.75) is 58.7 Å². The molecule has 0 bridgehead atoms. The van der Waals surface area contributed by atoms with Gasteiger partial charge in [-0.05, 0) is 26.7 Å². The van der Waals surface area contributed by atoms with Gasteiger partial charge in [-0.25, -0.2) is 15.0 Å². The van der Waals surface area contributed by atoms with E-state index in [9.17, 15) is 5.11 Å². The molecule has 0 spiro atoms. The number of hydrogen-bond donors (Lipinski definition) is 2. The Morgan fingerprint density at radius 3 is 2.84 bits per heavy atom. The van der Waals surface area contributed by atoms with Crippen LogP contribution in [0.15, 0.2) is 11.4 Å². The molecule has 1 fully saturated rings. The van der Waals surface area contributed by atoms with Crippen LogP contribution in [0.5, 0.6) is 0 Å². The number of likely N-dealkylation sites (tertiary alicyclic amines) is 1. The molecule has 0 amide bonds. The zero-order valence-electron chi connectivity index (χ0n) is 15.2. The van der Waals surface area contributed by atoms with Gasteiger partial charge in [0.2, 0.25) is 0 Å². The molecule has 0 unspecified atom stereocenters. The number of rotatable bonds is 6. The van der Waals surface area contributed by atoms with Crippen LogP contribution in [0.25, 0.3) is 0 Å². The van der Waals surface area contributed by atoms with E-state index in [1.165, 1.54) is 0 Å². The van der Waals surface area contributed by atoms with Gasteiger partial charge < -0.3 is 10.4 Å². The normalized spacial score (nSPS) is 21.4. The van der Waals surface area contributed by atoms with Crippen LogP contribution in [-0.4, -0.2) is 50.2 Å². The molecule has 1 aliphatic heterocycles. The summed E-state index contributed by atoms with van der Waals surface area (Å²) in [5, 5.41) is 17.2. The molecule has 0 radical (unpaired) electrons. The second-order valence-corrected chi connectivity index (χ2v) is 7.82. The molecule has 0 aromatic carbocycles. The highest BCUT2D eigenvalue weighted by molar-refractivity contribution is 7.09. The van der Waals surface area contributed by atoms with Crippen molar-refractivity contribution < 1.29 is 5.11 Å². The van der Waals surface area contributed by atoms with Crippen molar-refractivity contribution in [2.75, 3.05) is 18.4 Å². The Hall–Kier alpha value is -1.57. The predicted molar refractivity (Wildman–Crippen MR) is 101 cm³/mol. The summed E-state index contributed by atoms with van der Waals surface area (Å²) in [5.41, 5.74) is 2.06. The molecule has 2 aromatic rings. The maximum atomic E-state index is 10.6. The van der Waals surface area contributed by atoms with Gasteiger partial charge in [-0.2, -0.15) is 0 Å². The standard InChI is InChI=1S/C18H27N5OS/c1-4-5-17-19-12(2)8-18(22-17)21-15-6-7-23(10-16(15)24)9-14-11-25-13(3)20-14/h8,11,15-16,24H,4-7,9-10H2,1-3H3,(H,19,21,22)/t15-,16-/m1/s1. The summed E-state index contributed by atoms with van der Waals surface area (Å²) in [4.78, 5) is 15.8. The fraction of sp³-hybridized carbons (Fsp3) is 0.611. The maximum Gasteiger partial charge on any atom is 0.130 e. The van der Waals surface area contributed by atoms with Crippen molar-refractivity contribution in [3.63, 3.8) is 0 Å². The van der Waals surface area contributed by atoms with Gasteiger partial charge in [-0.1, -0.05) is 6.92 Å². The van der Waals surface area contributed by atoms with E-state index < -0.39 is 6.10 Å². The number of β-amino-alcohol motifs (C(OH)–C–C–N with tert-alkyl or cyclic N) is 1. The zero-order valence-corrected chi connectivity index (χ0v) is 16.0. The lowest BCUT2D eigenvalue weighted by atomic mass is 10.0. The number of aliphatic hydroxyl groups excluding tert-OH is 1. The molecule has 0 aliphatic carbocycles. The van der Waals surface area contributed by atoms with Crippen molar-refractivity contribution in [3.05, 3.63) is 33.7 Å². The zero-order chi connectivity index (χ0) is 17.8. The number of nitrogens with zero attached hydrogens (tertiary/aromatic N) is 4. The van der Waals surface area contributed by atoms with Gasteiger partial charge in [-0.15, -0.1) is 11.3 Å². The van der Waals surface area contributed by atoms with E-state index in [0.717, 1.165) is 60.4 Å². The Morgan fingerprint density at radius 1 is 1.32 bits per heavy atom. The topological polar surface area (TPSA) is 74.2 Å². The predicted octanol–water partition coefficient (Wildman–Crippen LogP) is 2.55. The van der Waals surface area contributed by atoms with Crippen LogP contribution in [0.1, 0.15) is 42.0 Å². The van der Waals surface area contributed by atoms with Crippen molar-refractivity contribution in [1.82, 2.24) is 19.9 Å². The van der Waals surface area contributed by atoms with Gasteiger partial charge in [0.05, 0.1) is 22.8 Å². The molecule has 7 heteroatoms. The summed E-state index contributed by atoms with van der Waals surface area (Å²) >= 11 is 1.68. The largest absolute Gasteiger partial charge is 0.390 e. The monoisotopic (exact) mass is 361 g/mol. The van der Waals surface area contributed by atoms with Crippen LogP contribution in [-0.2, 0) is 13.0 Å². The van der Waals surface area contributed by atoms with Crippen molar-refractivity contribution in [3.8, 4) is 0 Å². The van der Waals surface area contributed by atoms with Crippen molar-refractivity contribution in [2.24, 2.45) is 0 Å². The Morgan fingerprint density at radius 2 is 2.16 bits per heavy atom. The molecule has 1 aliphatic rings. The van der Waals surface area contributed by atoms with Gasteiger partial charge in [0, 0.05) is 43.2 Å². The summed E-state index contributed by atoms with van der Waals surface area (Å²) in [6.45, 7) is 8.54. The number of aliphatic hydroxyl groups is 1. The molecular formula is C18H27N5OS. The SMILES string of the molecule is CCCc1nc(C)cc(N[C@@H]2CCN(Cc3csc(C)n3)C[C@H]2O)n1. The number of thiazole rings is 1. The third-order valence-corrected chi connectivity index (χ3v) is 5.25. The number of aryl methyl sites for hydroxylation is 3. The van der Waals surface area contributed by atoms with Crippen LogP contribution in [0, 0.1) is 13.8 Å². The first-order valence-corrected chi connectivity index (χ1v) is 9.84. The summed E-state index contributed by atoms with van der Waals surface area (Å²) in [7, 11) is 0. The molecule has 2 N–H and O–H groups in total. The van der Waals surface area contributed by atoms with Crippen LogP contribution in [0.4, 0.5) is 5.82 Å². The van der Waals surface area contributed by atoms with E-state index in [4.69, 9.17) is 0 Å². The van der Waals surface area contributed by atoms with E-state index in [1.54, 1.807) is 11.3 Å². The molecule has 3 heterocycles. The molecule has 0 saturated carbocycles. The number of piperidine rings is 1. The smallest absolute Gasteiger partial charge is 0.130 e. The number of anilines is 1. The molecule has 6 nitrogen and oxygen atoms in total. The second-order valence-electron chi connectivity index (χ2n) is 6.76. The minimum Gasteiger partial charge on any atom is -0.390 e. The van der Waals surface area contributed by atoms with E-state index in [0.29, 0.717) is 6.54 Å². The summed E-state index contributed by atoms with van der Waals surface area (Å²) in [5.74, 6) is 1.69. The second kappa shape index (κ2) is 8.21. The lowest BCUT2D eigenvalue weighted by Gasteiger charge is -2.36. The molecule has 2 atom stereocenters. The lowest BCUT2D eigenvalue weighted by Crippen LogP contribution is -2.49. The molecule has 25 heavy (non-hydrogen) atoms. The molecule has 1 saturated heterocycles. The Balaban J connectivity index is 1.58. The van der Waals surface area contributed by atoms with Gasteiger partial charge in [0.1, 0.15) is 11.6 Å². The Bertz CT molecular complexity index is 705. The third kappa shape index (κ3) is 4.96. The summed E-state index contributed by atoms with van der Waals surface area (Å²) < 4.78 is 0. The minimum atomic E-state index is -0.418. The Labute approximate surface area is 153 Å². The highest BCUT2D eigenvalue weighted by Gasteiger charge is 2.28. The van der Waals surface area contributed by atoms with E-state index in [2.05, 4.69) is 37.5 Å². The lowest BCUT2D eigenvalue weighted by molar-refractivity contribution is 0.0555. The van der Waals surface area contributed by atoms with Gasteiger partial charge >= 0.3 is 0 Å². The third-order valence-electron chi connectivity index (χ3n) is 4.43. The highest BCUT2D eigenvalue weighted by atomic mass is 32.1. The average Bonchev–Trinajstić information content (AvgIpc) is 2.95. The van der Waals surface area contributed by atoms with E-state index >= 15 is 0 Å². The van der Waals surface area contributed by atoms with Crippen LogP contribution >= 0.6 is 11.3 Å². The first-order valence-electron chi connectivity index (χ1n) is 8.96.